The Morgan fingerprint density at radius 3 is 2.37 bits per heavy atom. The van der Waals surface area contributed by atoms with E-state index in [0.29, 0.717) is 26.0 Å². The fourth-order valence-electron chi connectivity index (χ4n) is 4.84. The van der Waals surface area contributed by atoms with Crippen LogP contribution >= 0.6 is 0 Å². The van der Waals surface area contributed by atoms with Crippen molar-refractivity contribution < 1.29 is 29.0 Å². The smallest absolute Gasteiger partial charge is 0.407 e. The lowest BCUT2D eigenvalue weighted by molar-refractivity contribution is -0.137. The molecule has 35 heavy (non-hydrogen) atoms. The van der Waals surface area contributed by atoms with Gasteiger partial charge in [-0.05, 0) is 41.0 Å². The highest BCUT2D eigenvalue weighted by Gasteiger charge is 2.35. The van der Waals surface area contributed by atoms with Gasteiger partial charge in [0.25, 0.3) is 0 Å². The maximum atomic E-state index is 12.6. The third kappa shape index (κ3) is 6.00. The van der Waals surface area contributed by atoms with E-state index in [0.717, 1.165) is 11.1 Å². The molecule has 3 atom stereocenters. The van der Waals surface area contributed by atoms with E-state index < -0.39 is 18.2 Å². The molecule has 186 valence electrons. The Balaban J connectivity index is 1.24. The van der Waals surface area contributed by atoms with Crippen LogP contribution in [0.15, 0.2) is 48.5 Å². The van der Waals surface area contributed by atoms with Crippen LogP contribution in [0, 0.1) is 11.8 Å². The second-order valence-corrected chi connectivity index (χ2v) is 9.33. The number of carboxylic acid groups (broad SMARTS) is 1. The van der Waals surface area contributed by atoms with Crippen molar-refractivity contribution in [3.63, 3.8) is 0 Å². The molecule has 8 nitrogen and oxygen atoms in total. The monoisotopic (exact) mass is 480 g/mol. The lowest BCUT2D eigenvalue weighted by atomic mass is 9.98. The van der Waals surface area contributed by atoms with Crippen molar-refractivity contribution in [2.75, 3.05) is 26.3 Å². The van der Waals surface area contributed by atoms with E-state index in [9.17, 15) is 14.4 Å². The molecule has 2 aromatic carbocycles. The van der Waals surface area contributed by atoms with Crippen molar-refractivity contribution in [3.05, 3.63) is 59.7 Å². The second kappa shape index (κ2) is 11.4. The number of carboxylic acids is 1. The molecule has 2 amide bonds. The molecule has 0 radical (unpaired) electrons. The Bertz CT molecular complexity index is 1030. The average molecular weight is 481 g/mol. The molecule has 2 aromatic rings. The van der Waals surface area contributed by atoms with Crippen molar-refractivity contribution in [1.29, 1.82) is 0 Å². The number of ether oxygens (including phenoxy) is 2. The van der Waals surface area contributed by atoms with E-state index in [2.05, 4.69) is 34.9 Å². The average Bonchev–Trinajstić information content (AvgIpc) is 3.46. The van der Waals surface area contributed by atoms with Crippen molar-refractivity contribution in [2.45, 2.75) is 38.2 Å². The summed E-state index contributed by atoms with van der Waals surface area (Å²) in [5, 5.41) is 14.4. The first-order valence-electron chi connectivity index (χ1n) is 12.1. The van der Waals surface area contributed by atoms with Gasteiger partial charge >= 0.3 is 12.1 Å². The summed E-state index contributed by atoms with van der Waals surface area (Å²) in [6, 6.07) is 16.3. The molecule has 1 fully saturated rings. The molecule has 0 bridgehead atoms. The quantitative estimate of drug-likeness (QED) is 0.479. The van der Waals surface area contributed by atoms with E-state index in [1.165, 1.54) is 11.1 Å². The number of hydrogen-bond acceptors (Lipinski definition) is 5. The number of carbonyl (C=O) groups is 3. The predicted octanol–water partition coefficient (Wildman–Crippen LogP) is 3.55. The zero-order valence-corrected chi connectivity index (χ0v) is 19.9. The zero-order chi connectivity index (χ0) is 24.8. The van der Waals surface area contributed by atoms with Gasteiger partial charge in [-0.25, -0.2) is 4.79 Å². The van der Waals surface area contributed by atoms with Gasteiger partial charge in [0.2, 0.25) is 5.91 Å². The summed E-state index contributed by atoms with van der Waals surface area (Å²) >= 11 is 0. The molecule has 4 rings (SSSR count). The van der Waals surface area contributed by atoms with Gasteiger partial charge in [0.15, 0.2) is 0 Å². The molecule has 1 saturated heterocycles. The highest BCUT2D eigenvalue weighted by molar-refractivity contribution is 5.81. The van der Waals surface area contributed by atoms with Crippen LogP contribution in [-0.4, -0.2) is 55.5 Å². The minimum Gasteiger partial charge on any atom is -0.481 e. The van der Waals surface area contributed by atoms with Gasteiger partial charge in [-0.1, -0.05) is 55.5 Å². The number of rotatable bonds is 10. The van der Waals surface area contributed by atoms with Gasteiger partial charge in [0, 0.05) is 38.0 Å². The van der Waals surface area contributed by atoms with E-state index in [4.69, 9.17) is 14.6 Å². The molecule has 1 aliphatic carbocycles. The molecule has 0 spiro atoms. The number of amides is 2. The SMILES string of the molecule is CC(CCC(=O)O)CNC(=O)[C@H]1OCC[C@H]1CNC(=O)OCC1c2ccccc2-c2ccccc21. The van der Waals surface area contributed by atoms with E-state index in [-0.39, 0.29) is 43.2 Å². The summed E-state index contributed by atoms with van der Waals surface area (Å²) in [6.07, 6.45) is 0.0733. The molecular weight excluding hydrogens is 448 g/mol. The van der Waals surface area contributed by atoms with E-state index >= 15 is 0 Å². The van der Waals surface area contributed by atoms with Crippen molar-refractivity contribution in [2.24, 2.45) is 11.8 Å². The summed E-state index contributed by atoms with van der Waals surface area (Å²) < 4.78 is 11.2. The molecule has 1 unspecified atom stereocenters. The van der Waals surface area contributed by atoms with Crippen molar-refractivity contribution in [1.82, 2.24) is 10.6 Å². The zero-order valence-electron chi connectivity index (χ0n) is 19.9. The van der Waals surface area contributed by atoms with Crippen LogP contribution in [0.4, 0.5) is 4.79 Å². The van der Waals surface area contributed by atoms with Crippen LogP contribution in [0.1, 0.15) is 43.2 Å². The summed E-state index contributed by atoms with van der Waals surface area (Å²) in [5.41, 5.74) is 4.65. The molecular formula is C27H32N2O6. The second-order valence-electron chi connectivity index (χ2n) is 9.33. The summed E-state index contributed by atoms with van der Waals surface area (Å²) in [7, 11) is 0. The standard InChI is InChI=1S/C27H32N2O6/c1-17(10-11-24(30)31)14-28-26(32)25-18(12-13-34-25)15-29-27(33)35-16-23-21-8-4-2-6-19(21)20-7-3-5-9-22(20)23/h2-9,17-18,23,25H,10-16H2,1H3,(H,28,32)(H,29,33)(H,30,31)/t17?,18-,25-/m0/s1. The lowest BCUT2D eigenvalue weighted by Crippen LogP contribution is -2.43. The van der Waals surface area contributed by atoms with Gasteiger partial charge in [0.1, 0.15) is 12.7 Å². The van der Waals surface area contributed by atoms with Crippen molar-refractivity contribution >= 4 is 18.0 Å². The number of aliphatic carboxylic acids is 1. The third-order valence-corrected chi connectivity index (χ3v) is 6.80. The number of hydrogen-bond donors (Lipinski definition) is 3. The molecule has 2 aliphatic rings. The number of alkyl carbamates (subject to hydrolysis) is 1. The number of carbonyl (C=O) groups excluding carboxylic acids is 2. The molecule has 8 heteroatoms. The molecule has 3 N–H and O–H groups in total. The summed E-state index contributed by atoms with van der Waals surface area (Å²) in [6.45, 7) is 3.25. The van der Waals surface area contributed by atoms with Gasteiger partial charge < -0.3 is 25.2 Å². The summed E-state index contributed by atoms with van der Waals surface area (Å²) in [4.78, 5) is 35.8. The molecule has 1 heterocycles. The fourth-order valence-corrected chi connectivity index (χ4v) is 4.84. The normalized spacial score (nSPS) is 19.5. The Hall–Kier alpha value is -3.39. The largest absolute Gasteiger partial charge is 0.481 e. The minimum atomic E-state index is -0.846. The molecule has 0 aromatic heterocycles. The minimum absolute atomic E-state index is 0.00962. The number of benzene rings is 2. The van der Waals surface area contributed by atoms with Crippen LogP contribution in [0.5, 0.6) is 0 Å². The van der Waals surface area contributed by atoms with Crippen LogP contribution in [0.2, 0.25) is 0 Å². The van der Waals surface area contributed by atoms with Crippen molar-refractivity contribution in [3.8, 4) is 11.1 Å². The highest BCUT2D eigenvalue weighted by Crippen LogP contribution is 2.44. The van der Waals surface area contributed by atoms with Gasteiger partial charge in [-0.15, -0.1) is 0 Å². The lowest BCUT2D eigenvalue weighted by Gasteiger charge is -2.20. The number of fused-ring (bicyclic) bond motifs is 3. The maximum absolute atomic E-state index is 12.6. The third-order valence-electron chi connectivity index (χ3n) is 6.80. The maximum Gasteiger partial charge on any atom is 0.407 e. The van der Waals surface area contributed by atoms with Crippen LogP contribution in [-0.2, 0) is 19.1 Å². The van der Waals surface area contributed by atoms with E-state index in [1.807, 2.05) is 31.2 Å². The van der Waals surface area contributed by atoms with E-state index in [1.54, 1.807) is 0 Å². The Kier molecular flexibility index (Phi) is 8.02. The highest BCUT2D eigenvalue weighted by atomic mass is 16.5. The Morgan fingerprint density at radius 1 is 1.06 bits per heavy atom. The number of nitrogens with one attached hydrogen (secondary N) is 2. The molecule has 0 saturated carbocycles. The molecule has 1 aliphatic heterocycles. The topological polar surface area (TPSA) is 114 Å². The van der Waals surface area contributed by atoms with Crippen LogP contribution in [0.25, 0.3) is 11.1 Å². The van der Waals surface area contributed by atoms with Gasteiger partial charge in [-0.3, -0.25) is 9.59 Å². The summed E-state index contributed by atoms with van der Waals surface area (Å²) in [5.74, 6) is -1.19. The Morgan fingerprint density at radius 2 is 1.71 bits per heavy atom. The van der Waals surface area contributed by atoms with Crippen LogP contribution < -0.4 is 10.6 Å². The fraction of sp³-hybridized carbons (Fsp3) is 0.444. The van der Waals surface area contributed by atoms with Gasteiger partial charge in [-0.2, -0.15) is 0 Å². The Labute approximate surface area is 205 Å². The first kappa shape index (κ1) is 24.7. The first-order valence-corrected chi connectivity index (χ1v) is 12.1. The predicted molar refractivity (Wildman–Crippen MR) is 130 cm³/mol. The van der Waals surface area contributed by atoms with Crippen LogP contribution in [0.3, 0.4) is 0 Å². The first-order chi connectivity index (χ1) is 16.9. The van der Waals surface area contributed by atoms with Gasteiger partial charge in [0.05, 0.1) is 0 Å².